The van der Waals surface area contributed by atoms with Crippen LogP contribution in [0.2, 0.25) is 0 Å². The third-order valence-corrected chi connectivity index (χ3v) is 4.67. The van der Waals surface area contributed by atoms with Crippen LogP contribution in [-0.2, 0) is 16.0 Å². The Labute approximate surface area is 175 Å². The van der Waals surface area contributed by atoms with Crippen LogP contribution in [0.5, 0.6) is 0 Å². The Balaban J connectivity index is 1.86. The largest absolute Gasteiger partial charge is 0.391 e. The molecule has 0 radical (unpaired) electrons. The number of hydroxylamine groups is 1. The van der Waals surface area contributed by atoms with E-state index in [2.05, 4.69) is 29.7 Å². The molecule has 2 atom stereocenters. The molecule has 2 aromatic carbocycles. The van der Waals surface area contributed by atoms with Crippen molar-refractivity contribution in [2.24, 2.45) is 0 Å². The Bertz CT molecular complexity index is 863. The molecule has 2 rings (SSSR count). The topological polar surface area (TPSA) is 128 Å². The van der Waals surface area contributed by atoms with Crippen molar-refractivity contribution < 1.29 is 24.7 Å². The van der Waals surface area contributed by atoms with E-state index >= 15 is 0 Å². The molecule has 0 aliphatic carbocycles. The van der Waals surface area contributed by atoms with Gasteiger partial charge >= 0.3 is 0 Å². The van der Waals surface area contributed by atoms with Crippen LogP contribution in [0.15, 0.2) is 48.5 Å². The first kappa shape index (κ1) is 23.1. The van der Waals surface area contributed by atoms with E-state index < -0.39 is 24.0 Å². The van der Waals surface area contributed by atoms with Crippen LogP contribution in [0.25, 0.3) is 11.1 Å². The highest BCUT2D eigenvalue weighted by Crippen LogP contribution is 2.20. The van der Waals surface area contributed by atoms with Gasteiger partial charge in [-0.15, -0.1) is 0 Å². The van der Waals surface area contributed by atoms with Gasteiger partial charge in [0.15, 0.2) is 0 Å². The summed E-state index contributed by atoms with van der Waals surface area (Å²) in [5.74, 6) is -1.79. The van der Waals surface area contributed by atoms with E-state index in [1.165, 1.54) is 18.0 Å². The van der Waals surface area contributed by atoms with Crippen LogP contribution in [0.1, 0.15) is 36.2 Å². The summed E-state index contributed by atoms with van der Waals surface area (Å²) in [5.41, 5.74) is 5.17. The van der Waals surface area contributed by atoms with Crippen LogP contribution in [0.4, 0.5) is 0 Å². The summed E-state index contributed by atoms with van der Waals surface area (Å²) in [6, 6.07) is 14.1. The van der Waals surface area contributed by atoms with Crippen molar-refractivity contribution in [2.45, 2.75) is 38.8 Å². The fraction of sp³-hybridized carbons (Fsp3) is 0.318. The molecule has 2 aromatic rings. The summed E-state index contributed by atoms with van der Waals surface area (Å²) >= 11 is 0. The molecule has 0 saturated heterocycles. The van der Waals surface area contributed by atoms with Gasteiger partial charge in [-0.25, -0.2) is 5.48 Å². The van der Waals surface area contributed by atoms with Crippen molar-refractivity contribution in [1.82, 2.24) is 16.1 Å². The van der Waals surface area contributed by atoms with Crippen molar-refractivity contribution in [3.63, 3.8) is 0 Å². The van der Waals surface area contributed by atoms with E-state index in [0.717, 1.165) is 17.5 Å². The van der Waals surface area contributed by atoms with Crippen molar-refractivity contribution in [2.75, 3.05) is 6.54 Å². The summed E-state index contributed by atoms with van der Waals surface area (Å²) in [6.45, 7) is 3.46. The van der Waals surface area contributed by atoms with Gasteiger partial charge in [0.05, 0.1) is 6.10 Å². The molecule has 3 amide bonds. The van der Waals surface area contributed by atoms with E-state index in [4.69, 9.17) is 5.21 Å². The molecule has 0 heterocycles. The van der Waals surface area contributed by atoms with Gasteiger partial charge in [0.25, 0.3) is 11.8 Å². The van der Waals surface area contributed by atoms with Crippen LogP contribution >= 0.6 is 0 Å². The second-order valence-electron chi connectivity index (χ2n) is 6.90. The van der Waals surface area contributed by atoms with Crippen molar-refractivity contribution >= 4 is 17.7 Å². The van der Waals surface area contributed by atoms with Crippen molar-refractivity contribution in [3.05, 3.63) is 59.7 Å². The molecule has 0 spiro atoms. The lowest BCUT2D eigenvalue weighted by molar-refractivity contribution is -0.137. The van der Waals surface area contributed by atoms with E-state index in [9.17, 15) is 19.5 Å². The van der Waals surface area contributed by atoms with E-state index in [-0.39, 0.29) is 18.9 Å². The van der Waals surface area contributed by atoms with Gasteiger partial charge in [0.2, 0.25) is 5.91 Å². The maximum Gasteiger partial charge on any atom is 0.268 e. The molecule has 5 N–H and O–H groups in total. The molecule has 0 bridgehead atoms. The summed E-state index contributed by atoms with van der Waals surface area (Å²) in [5, 5.41) is 23.1. The fourth-order valence-corrected chi connectivity index (χ4v) is 2.86. The smallest absolute Gasteiger partial charge is 0.268 e. The lowest BCUT2D eigenvalue weighted by Crippen LogP contribution is -2.52. The lowest BCUT2D eigenvalue weighted by atomic mass is 10.0. The third-order valence-electron chi connectivity index (χ3n) is 4.67. The maximum absolute atomic E-state index is 12.3. The molecule has 0 aliphatic heterocycles. The predicted molar refractivity (Wildman–Crippen MR) is 112 cm³/mol. The highest BCUT2D eigenvalue weighted by Gasteiger charge is 2.25. The normalized spacial score (nSPS) is 12.5. The van der Waals surface area contributed by atoms with Gasteiger partial charge < -0.3 is 15.7 Å². The van der Waals surface area contributed by atoms with Crippen LogP contribution < -0.4 is 16.1 Å². The predicted octanol–water partition coefficient (Wildman–Crippen LogP) is 1.41. The number of aryl methyl sites for hydroxylation is 1. The van der Waals surface area contributed by atoms with E-state index in [1.807, 2.05) is 24.3 Å². The Morgan fingerprint density at radius 3 is 2.03 bits per heavy atom. The lowest BCUT2D eigenvalue weighted by Gasteiger charge is -2.19. The van der Waals surface area contributed by atoms with Crippen molar-refractivity contribution in [1.29, 1.82) is 0 Å². The van der Waals surface area contributed by atoms with Gasteiger partial charge in [0.1, 0.15) is 6.04 Å². The first-order valence-corrected chi connectivity index (χ1v) is 9.74. The molecule has 0 saturated carbocycles. The highest BCUT2D eigenvalue weighted by atomic mass is 16.5. The minimum absolute atomic E-state index is 0.0537. The number of rotatable bonds is 9. The average molecular weight is 413 g/mol. The number of nitrogens with one attached hydrogen (secondary N) is 3. The zero-order chi connectivity index (χ0) is 22.1. The molecular formula is C22H27N3O5. The molecule has 8 heteroatoms. The number of benzene rings is 2. The zero-order valence-corrected chi connectivity index (χ0v) is 17.0. The molecule has 160 valence electrons. The fourth-order valence-electron chi connectivity index (χ4n) is 2.86. The van der Waals surface area contributed by atoms with Crippen LogP contribution in [0, 0.1) is 0 Å². The molecule has 0 fully saturated rings. The number of hydrogen-bond acceptors (Lipinski definition) is 5. The van der Waals surface area contributed by atoms with Gasteiger partial charge in [-0.3, -0.25) is 19.6 Å². The number of carbonyl (C=O) groups excluding carboxylic acids is 3. The molecule has 0 aromatic heterocycles. The van der Waals surface area contributed by atoms with Gasteiger partial charge in [-0.05, 0) is 42.2 Å². The number of amides is 3. The molecule has 8 nitrogen and oxygen atoms in total. The summed E-state index contributed by atoms with van der Waals surface area (Å²) in [7, 11) is 0. The number of carbonyl (C=O) groups is 3. The summed E-state index contributed by atoms with van der Waals surface area (Å²) in [6.07, 6.45) is -0.297. The van der Waals surface area contributed by atoms with E-state index in [1.54, 1.807) is 12.1 Å². The molecular weight excluding hydrogens is 386 g/mol. The zero-order valence-electron chi connectivity index (χ0n) is 17.0. The van der Waals surface area contributed by atoms with E-state index in [0.29, 0.717) is 5.56 Å². The Hall–Kier alpha value is -3.23. The third kappa shape index (κ3) is 6.40. The Morgan fingerprint density at radius 2 is 1.53 bits per heavy atom. The monoisotopic (exact) mass is 413 g/mol. The Morgan fingerprint density at radius 1 is 0.967 bits per heavy atom. The maximum atomic E-state index is 12.3. The summed E-state index contributed by atoms with van der Waals surface area (Å²) in [4.78, 5) is 35.6. The minimum Gasteiger partial charge on any atom is -0.391 e. The quantitative estimate of drug-likeness (QED) is 0.314. The number of hydrogen-bond donors (Lipinski definition) is 5. The second kappa shape index (κ2) is 11.1. The molecule has 0 aliphatic rings. The average Bonchev–Trinajstić information content (AvgIpc) is 2.76. The highest BCUT2D eigenvalue weighted by molar-refractivity contribution is 5.95. The number of aliphatic hydroxyl groups is 1. The first-order valence-electron chi connectivity index (χ1n) is 9.74. The standard InChI is InChI=1S/C22H27N3O5/c1-3-15-4-6-16(7-5-15)17-8-10-18(11-9-17)21(28)23-13-12-19(27)24-20(14(2)26)22(29)25-30/h4-11,14,20,26,30H,3,12-13H2,1-2H3,(H,23,28)(H,24,27)(H,25,29)/t14-,20+/m1/s1. The van der Waals surface area contributed by atoms with Crippen LogP contribution in [-0.4, -0.2) is 46.7 Å². The van der Waals surface area contributed by atoms with Gasteiger partial charge in [-0.2, -0.15) is 0 Å². The molecule has 30 heavy (non-hydrogen) atoms. The number of aliphatic hydroxyl groups excluding tert-OH is 1. The van der Waals surface area contributed by atoms with Crippen molar-refractivity contribution in [3.8, 4) is 11.1 Å². The minimum atomic E-state index is -1.28. The SMILES string of the molecule is CCc1ccc(-c2ccc(C(=O)NCCC(=O)N[C@H](C(=O)NO)[C@@H](C)O)cc2)cc1. The Kier molecular flexibility index (Phi) is 8.52. The van der Waals surface area contributed by atoms with Gasteiger partial charge in [0, 0.05) is 18.5 Å². The van der Waals surface area contributed by atoms with Gasteiger partial charge in [-0.1, -0.05) is 43.3 Å². The van der Waals surface area contributed by atoms with Crippen LogP contribution in [0.3, 0.4) is 0 Å². The first-order chi connectivity index (χ1) is 14.3. The second-order valence-corrected chi connectivity index (χ2v) is 6.90. The molecule has 0 unspecified atom stereocenters. The summed E-state index contributed by atoms with van der Waals surface area (Å²) < 4.78 is 0.